The molecule has 3 N–H and O–H groups in total. The number of allylic oxidation sites excluding steroid dienone is 7. The zero-order valence-electron chi connectivity index (χ0n) is 49.0. The summed E-state index contributed by atoms with van der Waals surface area (Å²) in [7, 11) is 0. The minimum Gasteiger partial charge on any atom is -0.394 e. The highest BCUT2D eigenvalue weighted by molar-refractivity contribution is 5.76. The lowest BCUT2D eigenvalue weighted by Crippen LogP contribution is -2.45. The van der Waals surface area contributed by atoms with Gasteiger partial charge >= 0.3 is 0 Å². The summed E-state index contributed by atoms with van der Waals surface area (Å²) in [5, 5.41) is 23.3. The Bertz CT molecular complexity index is 1140. The van der Waals surface area contributed by atoms with Crippen molar-refractivity contribution in [2.75, 3.05) is 6.61 Å². The maximum atomic E-state index is 12.5. The third-order valence-electron chi connectivity index (χ3n) is 15.3. The van der Waals surface area contributed by atoms with Crippen LogP contribution in [-0.4, -0.2) is 34.9 Å². The van der Waals surface area contributed by atoms with Gasteiger partial charge in [0.25, 0.3) is 0 Å². The van der Waals surface area contributed by atoms with E-state index in [2.05, 4.69) is 55.6 Å². The fourth-order valence-electron chi connectivity index (χ4n) is 10.3. The molecule has 0 aromatic carbocycles. The second-order valence-corrected chi connectivity index (χ2v) is 22.5. The predicted molar refractivity (Wildman–Crippen MR) is 322 cm³/mol. The van der Waals surface area contributed by atoms with Crippen LogP contribution in [0.1, 0.15) is 361 Å². The molecule has 72 heavy (non-hydrogen) atoms. The van der Waals surface area contributed by atoms with Crippen molar-refractivity contribution in [3.63, 3.8) is 0 Å². The highest BCUT2D eigenvalue weighted by atomic mass is 16.3. The standard InChI is InChI=1S/C68H129NO3/c1-3-5-7-9-11-13-15-17-19-21-23-25-27-29-31-32-33-34-35-36-38-40-42-44-46-48-50-52-54-56-58-60-62-64-68(72)69-66(65-70)67(71)63-61-59-57-55-53-51-49-47-45-43-41-39-37-30-28-26-24-22-20-18-16-14-12-10-8-6-4-2/h15,17,21,23,27,29,61,63,66-67,70-71H,3-14,16,18-20,22,24-26,28,30-60,62,64-65H2,1-2H3,(H,69,72)/b17-15-,23-21-,29-27-,63-61+. The molecule has 0 saturated carbocycles. The first kappa shape index (κ1) is 70.3. The van der Waals surface area contributed by atoms with E-state index in [1.807, 2.05) is 6.08 Å². The maximum Gasteiger partial charge on any atom is 0.220 e. The molecule has 0 rings (SSSR count). The molecule has 0 heterocycles. The summed E-state index contributed by atoms with van der Waals surface area (Å²) in [5.41, 5.74) is 0. The molecule has 0 fully saturated rings. The van der Waals surface area contributed by atoms with Crippen LogP contribution in [0, 0.1) is 0 Å². The van der Waals surface area contributed by atoms with E-state index in [1.54, 1.807) is 6.08 Å². The minimum absolute atomic E-state index is 0.0580. The van der Waals surface area contributed by atoms with Gasteiger partial charge in [-0.15, -0.1) is 0 Å². The summed E-state index contributed by atoms with van der Waals surface area (Å²) in [5.74, 6) is -0.0580. The highest BCUT2D eigenvalue weighted by Gasteiger charge is 2.18. The minimum atomic E-state index is -0.841. The lowest BCUT2D eigenvalue weighted by atomic mass is 10.0. The van der Waals surface area contributed by atoms with E-state index in [4.69, 9.17) is 0 Å². The summed E-state index contributed by atoms with van der Waals surface area (Å²) < 4.78 is 0. The van der Waals surface area contributed by atoms with Crippen LogP contribution in [0.15, 0.2) is 48.6 Å². The molecule has 0 aliphatic carbocycles. The Labute approximate surface area is 452 Å². The van der Waals surface area contributed by atoms with Crippen molar-refractivity contribution >= 4 is 5.91 Å². The van der Waals surface area contributed by atoms with Crippen LogP contribution in [0.5, 0.6) is 0 Å². The van der Waals surface area contributed by atoms with Gasteiger partial charge in [-0.2, -0.15) is 0 Å². The first-order valence-electron chi connectivity index (χ1n) is 32.9. The summed E-state index contributed by atoms with van der Waals surface area (Å²) in [6.07, 6.45) is 88.9. The molecule has 0 aliphatic heterocycles. The monoisotopic (exact) mass is 1010 g/mol. The Morgan fingerprint density at radius 3 is 0.847 bits per heavy atom. The van der Waals surface area contributed by atoms with Crippen molar-refractivity contribution in [3.05, 3.63) is 48.6 Å². The van der Waals surface area contributed by atoms with Crippen molar-refractivity contribution < 1.29 is 15.0 Å². The van der Waals surface area contributed by atoms with E-state index in [-0.39, 0.29) is 12.5 Å². The van der Waals surface area contributed by atoms with Crippen LogP contribution >= 0.6 is 0 Å². The van der Waals surface area contributed by atoms with Crippen LogP contribution in [0.2, 0.25) is 0 Å². The molecule has 1 amide bonds. The first-order valence-corrected chi connectivity index (χ1v) is 32.9. The zero-order valence-corrected chi connectivity index (χ0v) is 49.0. The number of nitrogens with one attached hydrogen (secondary N) is 1. The molecule has 0 aromatic rings. The SMILES string of the molecule is CCCCCCC/C=C\C/C=C\C/C=C\CCCCCCCCCCCCCCCCCCCCC(=O)NC(CO)C(O)/C=C/CCCCCCCCCCCCCCCCCCCCCCCCCCC. The highest BCUT2D eigenvalue weighted by Crippen LogP contribution is 2.18. The number of aliphatic hydroxyl groups is 2. The molecule has 0 spiro atoms. The van der Waals surface area contributed by atoms with Crippen molar-refractivity contribution in [1.29, 1.82) is 0 Å². The Hall–Kier alpha value is -1.65. The smallest absolute Gasteiger partial charge is 0.220 e. The molecule has 2 unspecified atom stereocenters. The second-order valence-electron chi connectivity index (χ2n) is 22.5. The van der Waals surface area contributed by atoms with Gasteiger partial charge in [0.15, 0.2) is 0 Å². The summed E-state index contributed by atoms with van der Waals surface area (Å²) >= 11 is 0. The van der Waals surface area contributed by atoms with Crippen LogP contribution in [0.4, 0.5) is 0 Å². The summed E-state index contributed by atoms with van der Waals surface area (Å²) in [4.78, 5) is 12.5. The number of hydrogen-bond donors (Lipinski definition) is 3. The number of carbonyl (C=O) groups is 1. The molecular weight excluding hydrogens is 879 g/mol. The number of amides is 1. The van der Waals surface area contributed by atoms with Crippen LogP contribution in [0.25, 0.3) is 0 Å². The van der Waals surface area contributed by atoms with E-state index >= 15 is 0 Å². The van der Waals surface area contributed by atoms with E-state index in [0.717, 1.165) is 38.5 Å². The Kier molecular flexibility index (Phi) is 62.2. The van der Waals surface area contributed by atoms with Gasteiger partial charge in [0.05, 0.1) is 18.8 Å². The van der Waals surface area contributed by atoms with Crippen molar-refractivity contribution in [2.24, 2.45) is 0 Å². The first-order chi connectivity index (χ1) is 35.7. The maximum absolute atomic E-state index is 12.5. The van der Waals surface area contributed by atoms with E-state index in [9.17, 15) is 15.0 Å². The summed E-state index contributed by atoms with van der Waals surface area (Å²) in [6.45, 7) is 4.34. The van der Waals surface area contributed by atoms with Crippen molar-refractivity contribution in [1.82, 2.24) is 5.32 Å². The average molecular weight is 1010 g/mol. The van der Waals surface area contributed by atoms with E-state index in [1.165, 1.54) is 302 Å². The van der Waals surface area contributed by atoms with Gasteiger partial charge in [-0.05, 0) is 57.8 Å². The number of aliphatic hydroxyl groups excluding tert-OH is 2. The molecule has 4 nitrogen and oxygen atoms in total. The van der Waals surface area contributed by atoms with Gasteiger partial charge in [0, 0.05) is 6.42 Å². The quantitative estimate of drug-likeness (QED) is 0.0420. The van der Waals surface area contributed by atoms with Crippen LogP contribution in [0.3, 0.4) is 0 Å². The third kappa shape index (κ3) is 59.2. The zero-order chi connectivity index (χ0) is 52.0. The Morgan fingerprint density at radius 1 is 0.333 bits per heavy atom. The number of carbonyl (C=O) groups excluding carboxylic acids is 1. The lowest BCUT2D eigenvalue weighted by molar-refractivity contribution is -0.123. The van der Waals surface area contributed by atoms with Crippen LogP contribution in [-0.2, 0) is 4.79 Å². The largest absolute Gasteiger partial charge is 0.394 e. The molecule has 424 valence electrons. The number of hydrogen-bond acceptors (Lipinski definition) is 3. The van der Waals surface area contributed by atoms with Gasteiger partial charge in [-0.25, -0.2) is 0 Å². The van der Waals surface area contributed by atoms with Crippen molar-refractivity contribution in [3.8, 4) is 0 Å². The van der Waals surface area contributed by atoms with Crippen molar-refractivity contribution in [2.45, 2.75) is 373 Å². The van der Waals surface area contributed by atoms with Gasteiger partial charge in [0.1, 0.15) is 0 Å². The average Bonchev–Trinajstić information content (AvgIpc) is 3.39. The normalized spacial score (nSPS) is 13.0. The van der Waals surface area contributed by atoms with Gasteiger partial charge in [-0.3, -0.25) is 4.79 Å². The fourth-order valence-corrected chi connectivity index (χ4v) is 10.3. The van der Waals surface area contributed by atoms with Gasteiger partial charge in [-0.1, -0.05) is 345 Å². The Balaban J connectivity index is 3.45. The number of rotatable bonds is 61. The molecular formula is C68H129NO3. The molecule has 0 bridgehead atoms. The second kappa shape index (κ2) is 63.6. The van der Waals surface area contributed by atoms with Crippen LogP contribution < -0.4 is 5.32 Å². The Morgan fingerprint density at radius 2 is 0.569 bits per heavy atom. The topological polar surface area (TPSA) is 69.6 Å². The fraction of sp³-hybridized carbons (Fsp3) is 0.868. The number of unbranched alkanes of at least 4 members (excludes halogenated alkanes) is 48. The molecule has 0 aliphatic rings. The van der Waals surface area contributed by atoms with Gasteiger partial charge in [0.2, 0.25) is 5.91 Å². The van der Waals surface area contributed by atoms with E-state index < -0.39 is 12.1 Å². The third-order valence-corrected chi connectivity index (χ3v) is 15.3. The van der Waals surface area contributed by atoms with E-state index in [0.29, 0.717) is 6.42 Å². The molecule has 0 aromatic heterocycles. The predicted octanol–water partition coefficient (Wildman–Crippen LogP) is 22.2. The molecule has 0 radical (unpaired) electrons. The molecule has 4 heteroatoms. The lowest BCUT2D eigenvalue weighted by Gasteiger charge is -2.20. The summed E-state index contributed by atoms with van der Waals surface area (Å²) in [6, 6.07) is -0.623. The molecule has 2 atom stereocenters. The van der Waals surface area contributed by atoms with Gasteiger partial charge < -0.3 is 15.5 Å². The molecule has 0 saturated heterocycles.